The van der Waals surface area contributed by atoms with Gasteiger partial charge in [0, 0.05) is 12.0 Å². The fourth-order valence-electron chi connectivity index (χ4n) is 1.05. The molecule has 15 heavy (non-hydrogen) atoms. The van der Waals surface area contributed by atoms with Crippen molar-refractivity contribution >= 4 is 11.9 Å². The Kier molecular flexibility index (Phi) is 3.05. The van der Waals surface area contributed by atoms with E-state index in [4.69, 9.17) is 20.5 Å². The van der Waals surface area contributed by atoms with Gasteiger partial charge in [-0.2, -0.15) is 0 Å². The van der Waals surface area contributed by atoms with Gasteiger partial charge >= 0.3 is 11.9 Å². The van der Waals surface area contributed by atoms with Crippen molar-refractivity contribution in [3.63, 3.8) is 0 Å². The van der Waals surface area contributed by atoms with E-state index in [1.54, 1.807) is 0 Å². The topological polar surface area (TPSA) is 127 Å². The average Bonchev–Trinajstić information content (AvgIpc) is 2.48. The molecule has 0 saturated carbocycles. The summed E-state index contributed by atoms with van der Waals surface area (Å²) in [5, 5.41) is 20.5. The van der Waals surface area contributed by atoms with Gasteiger partial charge in [0.15, 0.2) is 5.69 Å². The van der Waals surface area contributed by atoms with Gasteiger partial charge in [0.25, 0.3) is 0 Å². The normalized spacial score (nSPS) is 12.4. The summed E-state index contributed by atoms with van der Waals surface area (Å²) in [6.45, 7) is 1.49. The van der Waals surface area contributed by atoms with Crippen LogP contribution in [0.25, 0.3) is 0 Å². The molecule has 1 rings (SSSR count). The largest absolute Gasteiger partial charge is 0.480 e. The number of carboxylic acid groups (broad SMARTS) is 2. The molecule has 0 radical (unpaired) electrons. The average molecular weight is 214 g/mol. The van der Waals surface area contributed by atoms with E-state index in [-0.39, 0.29) is 17.9 Å². The minimum Gasteiger partial charge on any atom is -0.480 e. The lowest BCUT2D eigenvalue weighted by atomic mass is 10.1. The van der Waals surface area contributed by atoms with Crippen molar-refractivity contribution in [1.82, 2.24) is 5.16 Å². The number of aromatic nitrogens is 1. The van der Waals surface area contributed by atoms with Crippen molar-refractivity contribution in [2.45, 2.75) is 19.4 Å². The molecule has 4 N–H and O–H groups in total. The van der Waals surface area contributed by atoms with Gasteiger partial charge in [-0.3, -0.25) is 4.79 Å². The van der Waals surface area contributed by atoms with Crippen LogP contribution in [0.3, 0.4) is 0 Å². The Hall–Kier alpha value is -1.89. The van der Waals surface area contributed by atoms with Gasteiger partial charge in [-0.1, -0.05) is 5.16 Å². The van der Waals surface area contributed by atoms with Crippen LogP contribution < -0.4 is 5.73 Å². The van der Waals surface area contributed by atoms with Crippen LogP contribution >= 0.6 is 0 Å². The molecule has 0 aliphatic carbocycles. The van der Waals surface area contributed by atoms with Crippen LogP contribution in [0.15, 0.2) is 4.52 Å². The van der Waals surface area contributed by atoms with Crippen LogP contribution in [0.2, 0.25) is 0 Å². The molecule has 0 spiro atoms. The molecule has 0 saturated heterocycles. The molecule has 7 nitrogen and oxygen atoms in total. The Bertz CT molecular complexity index is 398. The molecule has 0 aromatic carbocycles. The molecule has 1 unspecified atom stereocenters. The van der Waals surface area contributed by atoms with E-state index in [1.165, 1.54) is 6.92 Å². The third kappa shape index (κ3) is 2.32. The number of aliphatic carboxylic acids is 1. The number of nitrogens with zero attached hydrogens (tertiary/aromatic N) is 1. The van der Waals surface area contributed by atoms with E-state index in [0.717, 1.165) is 0 Å². The van der Waals surface area contributed by atoms with Crippen molar-refractivity contribution in [3.8, 4) is 0 Å². The molecule has 7 heteroatoms. The van der Waals surface area contributed by atoms with Crippen molar-refractivity contribution in [1.29, 1.82) is 0 Å². The van der Waals surface area contributed by atoms with Gasteiger partial charge in [-0.25, -0.2) is 4.79 Å². The van der Waals surface area contributed by atoms with Crippen LogP contribution in [0.1, 0.15) is 21.8 Å². The van der Waals surface area contributed by atoms with Gasteiger partial charge in [-0.05, 0) is 6.92 Å². The quantitative estimate of drug-likeness (QED) is 0.624. The second kappa shape index (κ2) is 4.09. The van der Waals surface area contributed by atoms with Crippen LogP contribution in [-0.2, 0) is 11.2 Å². The van der Waals surface area contributed by atoms with Crippen molar-refractivity contribution in [3.05, 3.63) is 17.0 Å². The number of aromatic carboxylic acids is 1. The van der Waals surface area contributed by atoms with Crippen LogP contribution in [0, 0.1) is 6.92 Å². The maximum atomic E-state index is 10.6. The Balaban J connectivity index is 2.88. The lowest BCUT2D eigenvalue weighted by Crippen LogP contribution is -2.32. The third-order valence-electron chi connectivity index (χ3n) is 1.95. The summed E-state index contributed by atoms with van der Waals surface area (Å²) in [5.74, 6) is -2.21. The summed E-state index contributed by atoms with van der Waals surface area (Å²) in [6.07, 6.45) is -0.0819. The van der Waals surface area contributed by atoms with Gasteiger partial charge in [0.2, 0.25) is 0 Å². The first-order chi connectivity index (χ1) is 6.93. The van der Waals surface area contributed by atoms with Crippen LogP contribution in [0.4, 0.5) is 0 Å². The van der Waals surface area contributed by atoms with Crippen molar-refractivity contribution < 1.29 is 24.3 Å². The molecule has 0 bridgehead atoms. The standard InChI is InChI=1S/C8H10N2O5/c1-3-5(2-4(9)7(11)12)15-10-6(3)8(13)14/h4H,2,9H2,1H3,(H,11,12)(H,13,14). The first-order valence-electron chi connectivity index (χ1n) is 4.10. The Morgan fingerprint density at radius 2 is 2.13 bits per heavy atom. The Morgan fingerprint density at radius 3 is 2.53 bits per heavy atom. The Morgan fingerprint density at radius 1 is 1.53 bits per heavy atom. The maximum absolute atomic E-state index is 10.6. The molecule has 1 aromatic heterocycles. The molecule has 0 amide bonds. The fraction of sp³-hybridized carbons (Fsp3) is 0.375. The molecule has 1 heterocycles. The molecule has 1 aromatic rings. The summed E-state index contributed by atoms with van der Waals surface area (Å²) in [5.41, 5.74) is 5.35. The number of rotatable bonds is 4. The second-order valence-corrected chi connectivity index (χ2v) is 3.03. The number of nitrogens with two attached hydrogens (primary N) is 1. The SMILES string of the molecule is Cc1c(C(=O)O)noc1CC(N)C(=O)O. The summed E-state index contributed by atoms with van der Waals surface area (Å²) in [6, 6.07) is -1.13. The first kappa shape index (κ1) is 11.2. The summed E-state index contributed by atoms with van der Waals surface area (Å²) in [7, 11) is 0. The minimum absolute atomic E-state index is 0.0819. The zero-order valence-electron chi connectivity index (χ0n) is 7.93. The van der Waals surface area contributed by atoms with E-state index >= 15 is 0 Å². The summed E-state index contributed by atoms with van der Waals surface area (Å²) < 4.78 is 4.70. The highest BCUT2D eigenvalue weighted by Gasteiger charge is 2.21. The predicted octanol–water partition coefficient (Wildman–Crippen LogP) is -0.364. The van der Waals surface area contributed by atoms with Gasteiger partial charge in [0.1, 0.15) is 11.8 Å². The zero-order valence-corrected chi connectivity index (χ0v) is 7.93. The first-order valence-corrected chi connectivity index (χ1v) is 4.10. The zero-order chi connectivity index (χ0) is 11.6. The number of hydrogen-bond acceptors (Lipinski definition) is 5. The molecule has 0 aliphatic heterocycles. The molecule has 0 fully saturated rings. The lowest BCUT2D eigenvalue weighted by molar-refractivity contribution is -0.138. The monoisotopic (exact) mass is 214 g/mol. The van der Waals surface area contributed by atoms with Gasteiger partial charge in [0.05, 0.1) is 0 Å². The lowest BCUT2D eigenvalue weighted by Gasteiger charge is -2.02. The summed E-state index contributed by atoms with van der Waals surface area (Å²) in [4.78, 5) is 21.0. The summed E-state index contributed by atoms with van der Waals surface area (Å²) >= 11 is 0. The molecule has 1 atom stereocenters. The van der Waals surface area contributed by atoms with Gasteiger partial charge in [-0.15, -0.1) is 0 Å². The molecule has 82 valence electrons. The highest BCUT2D eigenvalue weighted by atomic mass is 16.5. The molecular formula is C8H10N2O5. The molecule has 0 aliphatic rings. The highest BCUT2D eigenvalue weighted by molar-refractivity contribution is 5.87. The smallest absolute Gasteiger partial charge is 0.358 e. The second-order valence-electron chi connectivity index (χ2n) is 3.03. The van der Waals surface area contributed by atoms with E-state index in [1.807, 2.05) is 0 Å². The number of carbonyl (C=O) groups is 2. The van der Waals surface area contributed by atoms with Crippen molar-refractivity contribution in [2.75, 3.05) is 0 Å². The van der Waals surface area contributed by atoms with E-state index in [9.17, 15) is 9.59 Å². The third-order valence-corrected chi connectivity index (χ3v) is 1.95. The van der Waals surface area contributed by atoms with Crippen LogP contribution in [-0.4, -0.2) is 33.4 Å². The van der Waals surface area contributed by atoms with Gasteiger partial charge < -0.3 is 20.5 Å². The van der Waals surface area contributed by atoms with Crippen molar-refractivity contribution in [2.24, 2.45) is 5.73 Å². The predicted molar refractivity (Wildman–Crippen MR) is 47.5 cm³/mol. The minimum atomic E-state index is -1.22. The fourth-order valence-corrected chi connectivity index (χ4v) is 1.05. The number of hydrogen-bond donors (Lipinski definition) is 3. The van der Waals surface area contributed by atoms with E-state index in [0.29, 0.717) is 5.56 Å². The highest BCUT2D eigenvalue weighted by Crippen LogP contribution is 2.14. The molecular weight excluding hydrogens is 204 g/mol. The maximum Gasteiger partial charge on any atom is 0.358 e. The van der Waals surface area contributed by atoms with E-state index < -0.39 is 18.0 Å². The van der Waals surface area contributed by atoms with Crippen LogP contribution in [0.5, 0.6) is 0 Å². The number of carboxylic acids is 2. The Labute approximate surface area is 84.5 Å². The van der Waals surface area contributed by atoms with E-state index in [2.05, 4.69) is 5.16 Å².